The third kappa shape index (κ3) is 5.97. The topological polar surface area (TPSA) is 45.2 Å². The summed E-state index contributed by atoms with van der Waals surface area (Å²) in [4.78, 5) is 21.0. The second kappa shape index (κ2) is 12.8. The molecule has 0 bridgehead atoms. The Morgan fingerprint density at radius 2 is 1.48 bits per heavy atom. The van der Waals surface area contributed by atoms with Crippen LogP contribution in [0.15, 0.2) is 72.8 Å². The Morgan fingerprint density at radius 3 is 2.17 bits per heavy atom. The Morgan fingerprint density at radius 1 is 0.775 bits per heavy atom. The quantitative estimate of drug-likeness (QED) is 0.321. The maximum Gasteiger partial charge on any atom is 0.258 e. The van der Waals surface area contributed by atoms with Crippen molar-refractivity contribution in [3.63, 3.8) is 0 Å². The van der Waals surface area contributed by atoms with Gasteiger partial charge in [-0.25, -0.2) is 0 Å². The van der Waals surface area contributed by atoms with Gasteiger partial charge in [-0.15, -0.1) is 0 Å². The number of ether oxygens (including phenoxy) is 2. The van der Waals surface area contributed by atoms with Gasteiger partial charge >= 0.3 is 0 Å². The maximum absolute atomic E-state index is 14.2. The maximum atomic E-state index is 14.2. The molecule has 5 rings (SSSR count). The average molecular weight is 542 g/mol. The molecule has 1 aliphatic carbocycles. The summed E-state index contributed by atoms with van der Waals surface area (Å²) in [5, 5.41) is 0. The Kier molecular flexibility index (Phi) is 8.95. The summed E-state index contributed by atoms with van der Waals surface area (Å²) in [6.07, 6.45) is 7.02. The van der Waals surface area contributed by atoms with Crippen molar-refractivity contribution in [1.29, 1.82) is 0 Å². The fourth-order valence-corrected chi connectivity index (χ4v) is 6.64. The molecule has 40 heavy (non-hydrogen) atoms. The van der Waals surface area contributed by atoms with Gasteiger partial charge < -0.3 is 19.3 Å². The number of hydrogen-bond acceptors (Lipinski definition) is 5. The van der Waals surface area contributed by atoms with E-state index in [1.165, 1.54) is 31.2 Å². The molecule has 2 aliphatic rings. The largest absolute Gasteiger partial charge is 0.493 e. The van der Waals surface area contributed by atoms with E-state index < -0.39 is 0 Å². The van der Waals surface area contributed by atoms with Crippen LogP contribution in [0.4, 0.5) is 11.4 Å². The van der Waals surface area contributed by atoms with Crippen LogP contribution in [0.3, 0.4) is 0 Å². The van der Waals surface area contributed by atoms with Crippen LogP contribution >= 0.6 is 0 Å². The van der Waals surface area contributed by atoms with Crippen molar-refractivity contribution in [3.8, 4) is 11.5 Å². The highest BCUT2D eigenvalue weighted by Gasteiger charge is 2.36. The van der Waals surface area contributed by atoms with Gasteiger partial charge in [-0.1, -0.05) is 49.2 Å². The molecule has 0 unspecified atom stereocenters. The minimum absolute atomic E-state index is 0.00450. The lowest BCUT2D eigenvalue weighted by Gasteiger charge is -2.45. The Bertz CT molecular complexity index is 1270. The molecule has 0 N–H and O–H groups in total. The van der Waals surface area contributed by atoms with E-state index in [2.05, 4.69) is 58.3 Å². The number of carbonyl (C=O) groups excluding carboxylic acids is 1. The van der Waals surface area contributed by atoms with Crippen molar-refractivity contribution in [2.45, 2.75) is 56.5 Å². The Hall–Kier alpha value is -3.51. The van der Waals surface area contributed by atoms with Crippen LogP contribution in [0, 0.1) is 0 Å². The van der Waals surface area contributed by atoms with E-state index in [0.29, 0.717) is 29.0 Å². The summed E-state index contributed by atoms with van der Waals surface area (Å²) >= 11 is 0. The lowest BCUT2D eigenvalue weighted by molar-refractivity contribution is 0.0895. The molecule has 2 fully saturated rings. The van der Waals surface area contributed by atoms with Gasteiger partial charge in [0.25, 0.3) is 5.91 Å². The molecule has 1 amide bonds. The van der Waals surface area contributed by atoms with Crippen LogP contribution in [-0.2, 0) is 0 Å². The standard InChI is InChI=1S/C34H43N3O3/c1-35(2)28-13-10-14-29(24-28)37(34(38)26-17-18-32(39-3)33(23-26)40-4)27-19-21-36(22-20-27)31-16-9-8-15-30(31)25-11-6-5-7-12-25/h5-7,10-14,17-18,23-24,27,30-31H,8-9,15-16,19-22H2,1-4H3/t30-,31-/m1/s1. The summed E-state index contributed by atoms with van der Waals surface area (Å²) in [5.74, 6) is 1.77. The molecule has 6 heteroatoms. The summed E-state index contributed by atoms with van der Waals surface area (Å²) < 4.78 is 11.0. The number of hydrogen-bond donors (Lipinski definition) is 0. The van der Waals surface area contributed by atoms with Gasteiger partial charge in [0, 0.05) is 56.2 Å². The van der Waals surface area contributed by atoms with Crippen LogP contribution in [0.5, 0.6) is 11.5 Å². The van der Waals surface area contributed by atoms with Crippen molar-refractivity contribution >= 4 is 17.3 Å². The first-order chi connectivity index (χ1) is 19.5. The first-order valence-electron chi connectivity index (χ1n) is 14.6. The second-order valence-corrected chi connectivity index (χ2v) is 11.3. The van der Waals surface area contributed by atoms with Crippen LogP contribution in [0.2, 0.25) is 0 Å². The van der Waals surface area contributed by atoms with Gasteiger partial charge in [0.1, 0.15) is 0 Å². The fourth-order valence-electron chi connectivity index (χ4n) is 6.64. The molecular formula is C34H43N3O3. The highest BCUT2D eigenvalue weighted by atomic mass is 16.5. The summed E-state index contributed by atoms with van der Waals surface area (Å²) in [7, 11) is 7.28. The number of likely N-dealkylation sites (tertiary alicyclic amines) is 1. The first-order valence-corrected chi connectivity index (χ1v) is 14.6. The fraction of sp³-hybridized carbons (Fsp3) is 0.441. The van der Waals surface area contributed by atoms with Gasteiger partial charge in [-0.05, 0) is 73.6 Å². The number of rotatable bonds is 8. The normalized spacial score (nSPS) is 20.1. The third-order valence-electron chi connectivity index (χ3n) is 8.76. The van der Waals surface area contributed by atoms with Crippen molar-refractivity contribution in [2.24, 2.45) is 0 Å². The zero-order chi connectivity index (χ0) is 28.1. The lowest BCUT2D eigenvalue weighted by atomic mass is 9.78. The van der Waals surface area contributed by atoms with Gasteiger partial charge in [0.05, 0.1) is 14.2 Å². The average Bonchev–Trinajstić information content (AvgIpc) is 3.01. The number of anilines is 2. The predicted molar refractivity (Wildman–Crippen MR) is 163 cm³/mol. The molecule has 1 saturated carbocycles. The molecule has 0 aromatic heterocycles. The summed E-state index contributed by atoms with van der Waals surface area (Å²) in [5.41, 5.74) is 4.09. The third-order valence-corrected chi connectivity index (χ3v) is 8.76. The van der Waals surface area contributed by atoms with Crippen molar-refractivity contribution < 1.29 is 14.3 Å². The first kappa shape index (κ1) is 28.0. The number of piperidine rings is 1. The highest BCUT2D eigenvalue weighted by Crippen LogP contribution is 2.38. The monoisotopic (exact) mass is 541 g/mol. The zero-order valence-corrected chi connectivity index (χ0v) is 24.4. The van der Waals surface area contributed by atoms with Crippen LogP contribution < -0.4 is 19.3 Å². The highest BCUT2D eigenvalue weighted by molar-refractivity contribution is 6.07. The minimum atomic E-state index is -0.00450. The Balaban J connectivity index is 1.40. The van der Waals surface area contributed by atoms with E-state index in [0.717, 1.165) is 37.3 Å². The van der Waals surface area contributed by atoms with Crippen molar-refractivity contribution in [1.82, 2.24) is 4.90 Å². The molecule has 212 valence electrons. The molecule has 0 radical (unpaired) electrons. The predicted octanol–water partition coefficient (Wildman–Crippen LogP) is 6.61. The number of amides is 1. The zero-order valence-electron chi connectivity index (χ0n) is 24.4. The molecule has 6 nitrogen and oxygen atoms in total. The minimum Gasteiger partial charge on any atom is -0.493 e. The molecule has 1 saturated heterocycles. The molecule has 1 aliphatic heterocycles. The summed E-state index contributed by atoms with van der Waals surface area (Å²) in [6, 6.07) is 25.5. The smallest absolute Gasteiger partial charge is 0.258 e. The van der Waals surface area contributed by atoms with Gasteiger partial charge in [-0.3, -0.25) is 9.69 Å². The molecule has 3 aromatic rings. The Labute approximate surface area is 239 Å². The molecule has 0 spiro atoms. The molecule has 1 heterocycles. The second-order valence-electron chi connectivity index (χ2n) is 11.3. The van der Waals surface area contributed by atoms with E-state index >= 15 is 0 Å². The number of nitrogens with zero attached hydrogens (tertiary/aromatic N) is 3. The van der Waals surface area contributed by atoms with E-state index in [9.17, 15) is 4.79 Å². The van der Waals surface area contributed by atoms with E-state index in [-0.39, 0.29) is 11.9 Å². The van der Waals surface area contributed by atoms with Crippen LogP contribution in [-0.4, -0.2) is 64.3 Å². The number of carbonyl (C=O) groups is 1. The number of benzene rings is 3. The van der Waals surface area contributed by atoms with Crippen molar-refractivity contribution in [3.05, 3.63) is 83.9 Å². The number of methoxy groups -OCH3 is 2. The van der Waals surface area contributed by atoms with Crippen molar-refractivity contribution in [2.75, 3.05) is 51.2 Å². The van der Waals surface area contributed by atoms with Gasteiger partial charge in [0.2, 0.25) is 0 Å². The van der Waals surface area contributed by atoms with Crippen LogP contribution in [0.1, 0.15) is 60.4 Å². The van der Waals surface area contributed by atoms with E-state index in [1.807, 2.05) is 37.2 Å². The van der Waals surface area contributed by atoms with Gasteiger partial charge in [-0.2, -0.15) is 0 Å². The van der Waals surface area contributed by atoms with Crippen LogP contribution in [0.25, 0.3) is 0 Å². The molecule has 3 aromatic carbocycles. The molecular weight excluding hydrogens is 498 g/mol. The van der Waals surface area contributed by atoms with Gasteiger partial charge in [0.15, 0.2) is 11.5 Å². The SMILES string of the molecule is COc1ccc(C(=O)N(c2cccc(N(C)C)c2)C2CCN([C@@H]3CCCC[C@@H]3c3ccccc3)CC2)cc1OC. The molecule has 2 atom stereocenters. The lowest BCUT2D eigenvalue weighted by Crippen LogP contribution is -2.51. The van der Waals surface area contributed by atoms with E-state index in [4.69, 9.17) is 9.47 Å². The summed E-state index contributed by atoms with van der Waals surface area (Å²) in [6.45, 7) is 2.00. The van der Waals surface area contributed by atoms with E-state index in [1.54, 1.807) is 20.3 Å².